The van der Waals surface area contributed by atoms with Crippen molar-refractivity contribution in [1.29, 1.82) is 0 Å². The first kappa shape index (κ1) is 54.8. The Kier molecular flexibility index (Phi) is 32.9. The summed E-state index contributed by atoms with van der Waals surface area (Å²) in [6, 6.07) is 0. The Morgan fingerprint density at radius 3 is 1.59 bits per heavy atom. The van der Waals surface area contributed by atoms with Crippen molar-refractivity contribution in [3.63, 3.8) is 0 Å². The van der Waals surface area contributed by atoms with Crippen molar-refractivity contribution in [3.8, 4) is 0 Å². The zero-order valence-electron chi connectivity index (χ0n) is 36.0. The van der Waals surface area contributed by atoms with Crippen LogP contribution in [0.4, 0.5) is 0 Å². The third-order valence-corrected chi connectivity index (χ3v) is 11.2. The van der Waals surface area contributed by atoms with Crippen LogP contribution >= 0.6 is 7.82 Å². The zero-order valence-corrected chi connectivity index (χ0v) is 36.9. The summed E-state index contributed by atoms with van der Waals surface area (Å²) in [5, 5.41) is 50.1. The van der Waals surface area contributed by atoms with E-state index in [0.717, 1.165) is 64.2 Å². The second-order valence-electron chi connectivity index (χ2n) is 15.6. The van der Waals surface area contributed by atoms with Crippen molar-refractivity contribution in [3.05, 3.63) is 48.6 Å². The third kappa shape index (κ3) is 28.1. The predicted octanol–water partition coefficient (Wildman–Crippen LogP) is 8.39. The molecule has 0 amide bonds. The van der Waals surface area contributed by atoms with E-state index in [2.05, 4.69) is 38.2 Å². The lowest BCUT2D eigenvalue weighted by atomic mass is 9.85. The molecule has 1 saturated carbocycles. The molecule has 0 saturated heterocycles. The summed E-state index contributed by atoms with van der Waals surface area (Å²) >= 11 is 0. The molecule has 0 radical (unpaired) electrons. The largest absolute Gasteiger partial charge is 0.472 e. The quantitative estimate of drug-likeness (QED) is 0.00875. The number of hydrogen-bond acceptors (Lipinski definition) is 12. The van der Waals surface area contributed by atoms with Crippen LogP contribution in [0, 0.1) is 0 Å². The summed E-state index contributed by atoms with van der Waals surface area (Å²) in [4.78, 5) is 35.5. The van der Waals surface area contributed by atoms with Crippen LogP contribution in [0.1, 0.15) is 168 Å². The number of phosphoric acid groups is 1. The Labute approximate surface area is 354 Å². The molecule has 0 aromatic rings. The van der Waals surface area contributed by atoms with Crippen molar-refractivity contribution >= 4 is 19.8 Å². The van der Waals surface area contributed by atoms with E-state index in [9.17, 15) is 44.6 Å². The fraction of sp³-hybridized carbons (Fsp3) is 0.778. The minimum atomic E-state index is -5.14. The maximum Gasteiger partial charge on any atom is 0.472 e. The minimum absolute atomic E-state index is 0.0601. The Morgan fingerprint density at radius 2 is 1.03 bits per heavy atom. The van der Waals surface area contributed by atoms with Gasteiger partial charge in [-0.15, -0.1) is 0 Å². The van der Waals surface area contributed by atoms with E-state index >= 15 is 0 Å². The van der Waals surface area contributed by atoms with Crippen molar-refractivity contribution in [2.24, 2.45) is 0 Å². The molecule has 13 nitrogen and oxygen atoms in total. The highest BCUT2D eigenvalue weighted by atomic mass is 31.2. The maximum atomic E-state index is 12.8. The smallest absolute Gasteiger partial charge is 0.458 e. The molecule has 59 heavy (non-hydrogen) atoms. The lowest BCUT2D eigenvalue weighted by Gasteiger charge is -2.41. The Balaban J connectivity index is 2.54. The molecule has 0 heterocycles. The number of allylic oxidation sites excluding steroid dienone is 7. The molecule has 342 valence electrons. The molecule has 6 unspecified atom stereocenters. The number of carbonyl (C=O) groups excluding carboxylic acids is 2. The second-order valence-corrected chi connectivity index (χ2v) is 17.0. The Bertz CT molecular complexity index is 1220. The minimum Gasteiger partial charge on any atom is -0.458 e. The van der Waals surface area contributed by atoms with Crippen LogP contribution in [0.3, 0.4) is 0 Å². The molecule has 1 aliphatic carbocycles. The molecule has 0 aliphatic heterocycles. The van der Waals surface area contributed by atoms with Crippen LogP contribution in [-0.2, 0) is 32.7 Å². The molecule has 0 bridgehead atoms. The number of hydrogen-bond donors (Lipinski definition) is 6. The van der Waals surface area contributed by atoms with E-state index < -0.39 is 75.7 Å². The van der Waals surface area contributed by atoms with Gasteiger partial charge in [-0.1, -0.05) is 153 Å². The number of esters is 2. The first-order chi connectivity index (χ1) is 28.4. The van der Waals surface area contributed by atoms with E-state index in [-0.39, 0.29) is 6.42 Å². The van der Waals surface area contributed by atoms with Crippen LogP contribution < -0.4 is 0 Å². The van der Waals surface area contributed by atoms with Crippen molar-refractivity contribution < 1.29 is 63.1 Å². The molecule has 8 atom stereocenters. The lowest BCUT2D eigenvalue weighted by Crippen LogP contribution is -2.64. The van der Waals surface area contributed by atoms with Gasteiger partial charge in [0, 0.05) is 12.5 Å². The first-order valence-electron chi connectivity index (χ1n) is 22.5. The maximum absolute atomic E-state index is 12.8. The van der Waals surface area contributed by atoms with Gasteiger partial charge in [0.15, 0.2) is 6.10 Å². The van der Waals surface area contributed by atoms with Gasteiger partial charge in [-0.3, -0.25) is 13.8 Å². The molecule has 1 rings (SSSR count). The zero-order chi connectivity index (χ0) is 43.6. The molecule has 0 aromatic heterocycles. The molecule has 6 N–H and O–H groups in total. The molecule has 1 aliphatic rings. The Hall–Kier alpha value is -2.19. The average molecular weight is 859 g/mol. The summed E-state index contributed by atoms with van der Waals surface area (Å²) in [5.74, 6) is -1.37. The average Bonchev–Trinajstić information content (AvgIpc) is 3.21. The first-order valence-corrected chi connectivity index (χ1v) is 24.0. The molecular formula is C45H79O13P. The fourth-order valence-electron chi connectivity index (χ4n) is 6.58. The van der Waals surface area contributed by atoms with Gasteiger partial charge in [0.2, 0.25) is 0 Å². The molecule has 0 aromatic carbocycles. The van der Waals surface area contributed by atoms with E-state index in [1.54, 1.807) is 12.2 Å². The van der Waals surface area contributed by atoms with Crippen LogP contribution in [-0.4, -0.2) is 98.3 Å². The molecule has 0 spiro atoms. The highest BCUT2D eigenvalue weighted by molar-refractivity contribution is 7.47. The van der Waals surface area contributed by atoms with E-state index in [4.69, 9.17) is 18.5 Å². The highest BCUT2D eigenvalue weighted by Crippen LogP contribution is 2.47. The van der Waals surface area contributed by atoms with Gasteiger partial charge in [0.25, 0.3) is 0 Å². The van der Waals surface area contributed by atoms with Gasteiger partial charge >= 0.3 is 19.8 Å². The van der Waals surface area contributed by atoms with Crippen molar-refractivity contribution in [2.75, 3.05) is 13.2 Å². The van der Waals surface area contributed by atoms with Gasteiger partial charge in [-0.2, -0.15) is 0 Å². The van der Waals surface area contributed by atoms with Crippen LogP contribution in [0.25, 0.3) is 0 Å². The summed E-state index contributed by atoms with van der Waals surface area (Å²) in [7, 11) is -5.14. The number of aliphatic hydroxyl groups is 5. The molecule has 1 fully saturated rings. The molecule has 14 heteroatoms. The van der Waals surface area contributed by atoms with Gasteiger partial charge in [0.05, 0.1) is 6.61 Å². The summed E-state index contributed by atoms with van der Waals surface area (Å²) < 4.78 is 33.3. The SMILES string of the molecule is CCCCC/C=C/C/C=C/CCCCCCCC(=O)O[C@H](COC(=O)/C=C/C=C/CCCCCCCCCCCCC)COP(=O)(O)OC1C(O)C(O)C(O)[C@@H](O)C1O. The fourth-order valence-corrected chi connectivity index (χ4v) is 7.56. The van der Waals surface area contributed by atoms with Crippen LogP contribution in [0.15, 0.2) is 48.6 Å². The number of ether oxygens (including phenoxy) is 2. The van der Waals surface area contributed by atoms with Crippen molar-refractivity contribution in [1.82, 2.24) is 0 Å². The van der Waals surface area contributed by atoms with Crippen LogP contribution in [0.5, 0.6) is 0 Å². The number of unbranched alkanes of at least 4 members (excludes halogenated alkanes) is 19. The highest BCUT2D eigenvalue weighted by Gasteiger charge is 2.51. The topological polar surface area (TPSA) is 210 Å². The summed E-state index contributed by atoms with van der Waals surface area (Å²) in [6.07, 6.45) is 28.0. The Morgan fingerprint density at radius 1 is 0.576 bits per heavy atom. The molecular weight excluding hydrogens is 779 g/mol. The second kappa shape index (κ2) is 35.4. The number of phosphoric ester groups is 1. The predicted molar refractivity (Wildman–Crippen MR) is 230 cm³/mol. The van der Waals surface area contributed by atoms with E-state index in [1.165, 1.54) is 83.1 Å². The number of aliphatic hydroxyl groups excluding tert-OH is 5. The van der Waals surface area contributed by atoms with Gasteiger partial charge in [-0.05, 0) is 51.4 Å². The van der Waals surface area contributed by atoms with E-state index in [0.29, 0.717) is 6.42 Å². The third-order valence-electron chi connectivity index (χ3n) is 10.2. The number of rotatable bonds is 36. The standard InChI is InChI=1S/C45H79O13P/c1-3-5-7-9-11-13-15-17-19-21-23-25-27-29-31-33-38(46)55-35-37(36-56-59(53,54)58-45-43(51)41(49)40(48)42(50)44(45)52)57-39(47)34-32-30-28-26-24-22-20-18-16-14-12-10-8-6-4-2/h12,14,18,20,27,29,31,33,37,40-45,48-52H,3-11,13,15-17,19,21-26,28,30,32,34-36H2,1-2H3,(H,53,54)/b14-12+,20-18+,29-27+,33-31+/t37-,40?,41-,42?,43?,44?,45?/m1/s1. The van der Waals surface area contributed by atoms with E-state index in [1.807, 2.05) is 6.08 Å². The lowest BCUT2D eigenvalue weighted by molar-refractivity contribution is -0.220. The normalized spacial score (nSPS) is 22.8. The van der Waals surface area contributed by atoms with Gasteiger partial charge in [0.1, 0.15) is 43.2 Å². The van der Waals surface area contributed by atoms with Crippen LogP contribution in [0.2, 0.25) is 0 Å². The number of carbonyl (C=O) groups is 2. The summed E-state index contributed by atoms with van der Waals surface area (Å²) in [6.45, 7) is 3.14. The van der Waals surface area contributed by atoms with Gasteiger partial charge in [-0.25, -0.2) is 9.36 Å². The monoisotopic (exact) mass is 859 g/mol. The van der Waals surface area contributed by atoms with Gasteiger partial charge < -0.3 is 39.9 Å². The summed E-state index contributed by atoms with van der Waals surface area (Å²) in [5.41, 5.74) is 0. The van der Waals surface area contributed by atoms with Crippen molar-refractivity contribution in [2.45, 2.75) is 211 Å².